The fraction of sp³-hybridized carbons (Fsp3) is 0.133. The highest BCUT2D eigenvalue weighted by Crippen LogP contribution is 2.30. The van der Waals surface area contributed by atoms with Gasteiger partial charge >= 0.3 is 5.69 Å². The smallest absolute Gasteiger partial charge is 0.300 e. The van der Waals surface area contributed by atoms with Crippen molar-refractivity contribution in [3.63, 3.8) is 0 Å². The highest BCUT2D eigenvalue weighted by Gasteiger charge is 2.19. The van der Waals surface area contributed by atoms with Gasteiger partial charge in [0, 0.05) is 18.7 Å². The number of nitro benzene ring substituents is 1. The summed E-state index contributed by atoms with van der Waals surface area (Å²) in [6.45, 7) is 1.08. The van der Waals surface area contributed by atoms with E-state index in [1.807, 2.05) is 0 Å². The van der Waals surface area contributed by atoms with Crippen molar-refractivity contribution in [2.75, 3.05) is 5.32 Å². The van der Waals surface area contributed by atoms with E-state index >= 15 is 0 Å². The van der Waals surface area contributed by atoms with Crippen LogP contribution in [0, 0.1) is 10.1 Å². The van der Waals surface area contributed by atoms with Crippen LogP contribution < -0.4 is 20.8 Å². The van der Waals surface area contributed by atoms with Gasteiger partial charge < -0.3 is 20.8 Å². The molecule has 1 heterocycles. The minimum Gasteiger partial charge on any atom is -0.844 e. The van der Waals surface area contributed by atoms with E-state index in [1.165, 1.54) is 36.4 Å². The maximum atomic E-state index is 11.8. The topological polar surface area (TPSA) is 169 Å². The van der Waals surface area contributed by atoms with Crippen LogP contribution in [-0.2, 0) is 10.7 Å². The zero-order chi connectivity index (χ0) is 18.9. The minimum absolute atomic E-state index is 0.0135. The fourth-order valence-corrected chi connectivity index (χ4v) is 2.33. The van der Waals surface area contributed by atoms with Gasteiger partial charge in [0.1, 0.15) is 0 Å². The molecule has 0 bridgehead atoms. The first-order valence-electron chi connectivity index (χ1n) is 7.25. The molecule has 0 aliphatic rings. The first kappa shape index (κ1) is 17.3. The van der Waals surface area contributed by atoms with Crippen molar-refractivity contribution >= 4 is 34.0 Å². The molecule has 26 heavy (non-hydrogen) atoms. The Morgan fingerprint density at radius 3 is 2.38 bits per heavy atom. The van der Waals surface area contributed by atoms with E-state index in [0.717, 1.165) is 6.92 Å². The molecule has 1 amide bonds. The van der Waals surface area contributed by atoms with E-state index in [0.29, 0.717) is 11.4 Å². The summed E-state index contributed by atoms with van der Waals surface area (Å²) in [4.78, 5) is 21.3. The Bertz CT molecular complexity index is 982. The summed E-state index contributed by atoms with van der Waals surface area (Å²) in [6, 6.07) is 8.11. The molecule has 0 aliphatic carbocycles. The predicted octanol–water partition coefficient (Wildman–Crippen LogP) is -0.158. The molecular formula is C15H11N5O6-2. The Morgan fingerprint density at radius 2 is 1.77 bits per heavy atom. The van der Waals surface area contributed by atoms with Gasteiger partial charge in [-0.2, -0.15) is 0 Å². The van der Waals surface area contributed by atoms with Crippen LogP contribution in [0.3, 0.4) is 0 Å². The summed E-state index contributed by atoms with van der Waals surface area (Å²) in [5, 5.41) is 46.5. The van der Waals surface area contributed by atoms with E-state index in [9.17, 15) is 25.1 Å². The molecule has 0 saturated carbocycles. The van der Waals surface area contributed by atoms with Gasteiger partial charge in [-0.15, -0.1) is 0 Å². The summed E-state index contributed by atoms with van der Waals surface area (Å²) in [6.07, 6.45) is 0. The molecule has 2 N–H and O–H groups in total. The van der Waals surface area contributed by atoms with Crippen molar-refractivity contribution in [2.45, 2.75) is 12.8 Å². The number of anilines is 2. The number of hydrogen-bond acceptors (Lipinski definition) is 9. The van der Waals surface area contributed by atoms with Crippen molar-refractivity contribution in [3.8, 4) is 0 Å². The molecule has 0 radical (unpaired) electrons. The molecule has 11 nitrogen and oxygen atoms in total. The molecule has 0 fully saturated rings. The van der Waals surface area contributed by atoms with Crippen LogP contribution in [0.5, 0.6) is 0 Å². The van der Waals surface area contributed by atoms with E-state index in [1.54, 1.807) is 5.32 Å². The molecule has 0 unspecified atom stereocenters. The van der Waals surface area contributed by atoms with Crippen LogP contribution in [-0.4, -0.2) is 21.1 Å². The molecule has 1 aromatic heterocycles. The van der Waals surface area contributed by atoms with Crippen LogP contribution in [0.4, 0.5) is 17.1 Å². The second kappa shape index (κ2) is 6.38. The van der Waals surface area contributed by atoms with Crippen molar-refractivity contribution in [1.82, 2.24) is 15.6 Å². The lowest BCUT2D eigenvalue weighted by Crippen LogP contribution is -2.64. The lowest BCUT2D eigenvalue weighted by atomic mass is 10.1. The Morgan fingerprint density at radius 1 is 1.12 bits per heavy atom. The predicted molar refractivity (Wildman–Crippen MR) is 83.7 cm³/mol. The minimum atomic E-state index is -3.00. The number of nitro groups is 1. The number of nitrogens with one attached hydrogen (secondary N) is 2. The zero-order valence-electron chi connectivity index (χ0n) is 13.3. The van der Waals surface area contributed by atoms with Crippen LogP contribution in [0.25, 0.3) is 11.0 Å². The SMILES string of the molecule is CC(=O)NC([O-])([O-])c1ccc(Nc2ccc([N+](=O)[O-])c3nonc23)cc1. The van der Waals surface area contributed by atoms with Crippen LogP contribution in [0.1, 0.15) is 12.5 Å². The number of carbonyl (C=O) groups excluding carboxylic acids is 1. The maximum Gasteiger partial charge on any atom is 0.300 e. The largest absolute Gasteiger partial charge is 0.844 e. The summed E-state index contributed by atoms with van der Waals surface area (Å²) in [5.74, 6) is -3.73. The third-order valence-corrected chi connectivity index (χ3v) is 3.48. The van der Waals surface area contributed by atoms with E-state index in [-0.39, 0.29) is 22.3 Å². The van der Waals surface area contributed by atoms with Crippen molar-refractivity contribution in [3.05, 3.63) is 52.1 Å². The highest BCUT2D eigenvalue weighted by molar-refractivity contribution is 5.94. The highest BCUT2D eigenvalue weighted by atomic mass is 16.6. The molecule has 3 rings (SSSR count). The van der Waals surface area contributed by atoms with Gasteiger partial charge in [0.05, 0.1) is 10.6 Å². The number of aromatic nitrogens is 2. The van der Waals surface area contributed by atoms with Crippen molar-refractivity contribution in [2.24, 2.45) is 0 Å². The summed E-state index contributed by atoms with van der Waals surface area (Å²) in [7, 11) is 0. The third kappa shape index (κ3) is 3.29. The molecule has 11 heteroatoms. The number of amides is 1. The molecule has 2 aromatic carbocycles. The molecule has 0 aliphatic heterocycles. The number of fused-ring (bicyclic) bond motifs is 1. The van der Waals surface area contributed by atoms with Gasteiger partial charge in [-0.25, -0.2) is 4.63 Å². The first-order valence-corrected chi connectivity index (χ1v) is 7.25. The molecule has 0 atom stereocenters. The van der Waals surface area contributed by atoms with E-state index in [2.05, 4.69) is 20.3 Å². The first-order chi connectivity index (χ1) is 12.3. The molecule has 3 aromatic rings. The lowest BCUT2D eigenvalue weighted by molar-refractivity contribution is -0.741. The molecule has 0 saturated heterocycles. The number of nitrogens with zero attached hydrogens (tertiary/aromatic N) is 3. The average Bonchev–Trinajstić information content (AvgIpc) is 3.04. The Labute approximate surface area is 145 Å². The summed E-state index contributed by atoms with van der Waals surface area (Å²) < 4.78 is 4.57. The standard InChI is InChI=1S/C15H11N5O6/c1-8(21)17-15(22,23)9-2-4-10(5-3-9)16-11-6-7-12(20(24)25)14-13(11)18-26-19-14/h2-7,16H,1H3,(H,17,21)/q-2. The van der Waals surface area contributed by atoms with Crippen LogP contribution >= 0.6 is 0 Å². The second-order valence-electron chi connectivity index (χ2n) is 5.35. The van der Waals surface area contributed by atoms with Gasteiger partial charge in [0.2, 0.25) is 11.4 Å². The number of carbonyl (C=O) groups is 1. The normalized spacial score (nSPS) is 11.3. The second-order valence-corrected chi connectivity index (χ2v) is 5.35. The fourth-order valence-electron chi connectivity index (χ4n) is 2.33. The average molecular weight is 357 g/mol. The number of non-ortho nitro benzene ring substituents is 1. The number of benzene rings is 2. The van der Waals surface area contributed by atoms with Crippen LogP contribution in [0.15, 0.2) is 41.0 Å². The number of rotatable bonds is 5. The Balaban J connectivity index is 1.87. The summed E-state index contributed by atoms with van der Waals surface area (Å²) >= 11 is 0. The van der Waals surface area contributed by atoms with Crippen molar-refractivity contribution in [1.29, 1.82) is 0 Å². The van der Waals surface area contributed by atoms with Gasteiger partial charge in [0.25, 0.3) is 0 Å². The Kier molecular flexibility index (Phi) is 4.24. The third-order valence-electron chi connectivity index (χ3n) is 3.48. The molecule has 0 spiro atoms. The van der Waals surface area contributed by atoms with Gasteiger partial charge in [0.15, 0.2) is 5.52 Å². The van der Waals surface area contributed by atoms with Gasteiger partial charge in [-0.05, 0) is 28.5 Å². The zero-order valence-corrected chi connectivity index (χ0v) is 13.3. The maximum absolute atomic E-state index is 11.8. The van der Waals surface area contributed by atoms with E-state index < -0.39 is 16.7 Å². The molecule has 134 valence electrons. The Hall–Kier alpha value is -3.57. The monoisotopic (exact) mass is 357 g/mol. The molecular weight excluding hydrogens is 346 g/mol. The lowest BCUT2D eigenvalue weighted by Gasteiger charge is -2.49. The summed E-state index contributed by atoms with van der Waals surface area (Å²) in [5.41, 5.74) is 0.585. The van der Waals surface area contributed by atoms with Gasteiger partial charge in [-0.3, -0.25) is 14.9 Å². The van der Waals surface area contributed by atoms with Gasteiger partial charge in [-0.1, -0.05) is 23.6 Å². The van der Waals surface area contributed by atoms with Crippen LogP contribution in [0.2, 0.25) is 0 Å². The van der Waals surface area contributed by atoms with Crippen molar-refractivity contribution < 1.29 is 24.6 Å². The quantitative estimate of drug-likeness (QED) is 0.358. The van der Waals surface area contributed by atoms with E-state index in [4.69, 9.17) is 0 Å². The number of hydrogen-bond donors (Lipinski definition) is 2.